The highest BCUT2D eigenvalue weighted by atomic mass is 32.1. The molecule has 5 rings (SSSR count). The molecule has 0 unspecified atom stereocenters. The highest BCUT2D eigenvalue weighted by Crippen LogP contribution is 2.44. The number of rotatable bonds is 5. The molecule has 180 valence electrons. The number of hydrogen-bond donors (Lipinski definition) is 2. The minimum atomic E-state index is -0.495. The van der Waals surface area contributed by atoms with E-state index in [9.17, 15) is 4.79 Å². The largest absolute Gasteiger partial charge is 0.368 e. The van der Waals surface area contributed by atoms with Crippen LogP contribution in [0.25, 0.3) is 10.1 Å². The van der Waals surface area contributed by atoms with E-state index in [0.29, 0.717) is 11.7 Å². The highest BCUT2D eigenvalue weighted by Gasteiger charge is 2.29. The number of hydrazine groups is 1. The predicted octanol–water partition coefficient (Wildman–Crippen LogP) is 3.61. The molecule has 1 amide bonds. The molecule has 3 aromatic rings. The Morgan fingerprint density at radius 1 is 1.18 bits per heavy atom. The maximum absolute atomic E-state index is 15.1. The van der Waals surface area contributed by atoms with Crippen molar-refractivity contribution in [1.29, 1.82) is 0 Å². The molecule has 1 saturated carbocycles. The molecule has 4 heterocycles. The van der Waals surface area contributed by atoms with Crippen molar-refractivity contribution in [3.8, 4) is 0 Å². The molecule has 0 atom stereocenters. The number of anilines is 3. The van der Waals surface area contributed by atoms with Crippen LogP contribution in [0.5, 0.6) is 0 Å². The molecule has 0 radical (unpaired) electrons. The number of fused-ring (bicyclic) bond motifs is 1. The third kappa shape index (κ3) is 4.21. The molecule has 1 aliphatic heterocycles. The molecular formula is C24H30FN7OS. The van der Waals surface area contributed by atoms with Gasteiger partial charge in [-0.1, -0.05) is 12.8 Å². The fraction of sp³-hybridized carbons (Fsp3) is 0.458. The molecule has 8 nitrogen and oxygen atoms in total. The summed E-state index contributed by atoms with van der Waals surface area (Å²) >= 11 is 1.47. The molecule has 1 aliphatic carbocycles. The topological polar surface area (TPSA) is 90.6 Å². The van der Waals surface area contributed by atoms with Gasteiger partial charge < -0.3 is 15.1 Å². The number of amides is 1. The van der Waals surface area contributed by atoms with E-state index >= 15 is 4.39 Å². The van der Waals surface area contributed by atoms with Crippen LogP contribution < -0.4 is 21.1 Å². The van der Waals surface area contributed by atoms with Gasteiger partial charge in [0.05, 0.1) is 21.5 Å². The number of nitrogens with two attached hydrogens (primary N) is 1. The van der Waals surface area contributed by atoms with Crippen molar-refractivity contribution in [3.63, 3.8) is 0 Å². The Hall–Kier alpha value is -2.82. The molecule has 2 fully saturated rings. The van der Waals surface area contributed by atoms with Crippen molar-refractivity contribution in [1.82, 2.24) is 20.2 Å². The number of carbonyl (C=O) groups excluding carboxylic acids is 1. The summed E-state index contributed by atoms with van der Waals surface area (Å²) in [6.07, 6.45) is 7.83. The zero-order valence-electron chi connectivity index (χ0n) is 19.6. The molecule has 1 saturated heterocycles. The minimum absolute atomic E-state index is 0.00506. The first kappa shape index (κ1) is 22.9. The number of hydrogen-bond acceptors (Lipinski definition) is 8. The van der Waals surface area contributed by atoms with E-state index in [4.69, 9.17) is 5.84 Å². The molecule has 0 bridgehead atoms. The summed E-state index contributed by atoms with van der Waals surface area (Å²) in [6, 6.07) is 3.35. The number of nitrogens with one attached hydrogen (secondary N) is 1. The van der Waals surface area contributed by atoms with E-state index in [2.05, 4.69) is 20.2 Å². The quantitative estimate of drug-likeness (QED) is 0.423. The SMILES string of the molecule is CN(C)C(=O)c1sc2cnc(N(N)c3ncc(N4CCNCC4)cc3F)cc2c1C1CCCC1. The Kier molecular flexibility index (Phi) is 6.37. The lowest BCUT2D eigenvalue weighted by molar-refractivity contribution is 0.0831. The molecular weight excluding hydrogens is 453 g/mol. The second-order valence-corrected chi connectivity index (χ2v) is 10.2. The van der Waals surface area contributed by atoms with E-state index in [1.807, 2.05) is 6.07 Å². The fourth-order valence-electron chi connectivity index (χ4n) is 4.93. The average Bonchev–Trinajstić information content (AvgIpc) is 3.50. The Labute approximate surface area is 202 Å². The smallest absolute Gasteiger partial charge is 0.263 e. The molecule has 2 aliphatic rings. The number of thiophene rings is 1. The Balaban J connectivity index is 1.51. The zero-order valence-corrected chi connectivity index (χ0v) is 20.4. The summed E-state index contributed by atoms with van der Waals surface area (Å²) in [7, 11) is 3.55. The Morgan fingerprint density at radius 3 is 2.59 bits per heavy atom. The van der Waals surface area contributed by atoms with Gasteiger partial charge in [0.25, 0.3) is 5.91 Å². The number of carbonyl (C=O) groups is 1. The first-order valence-electron chi connectivity index (χ1n) is 11.7. The summed E-state index contributed by atoms with van der Waals surface area (Å²) in [5.74, 6) is 6.59. The Bertz CT molecular complexity index is 1200. The second-order valence-electron chi connectivity index (χ2n) is 9.17. The summed E-state index contributed by atoms with van der Waals surface area (Å²) in [4.78, 5) is 26.2. The minimum Gasteiger partial charge on any atom is -0.368 e. The molecule has 0 aromatic carbocycles. The van der Waals surface area contributed by atoms with Crippen LogP contribution in [0.2, 0.25) is 0 Å². The summed E-state index contributed by atoms with van der Waals surface area (Å²) < 4.78 is 16.0. The number of piperazine rings is 1. The van der Waals surface area contributed by atoms with Crippen LogP contribution in [0.15, 0.2) is 24.5 Å². The van der Waals surface area contributed by atoms with E-state index in [1.165, 1.54) is 22.4 Å². The standard InChI is InChI=1S/C24H30FN7OS/c1-30(2)24(33)22-21(15-5-3-4-6-15)17-12-20(28-14-19(17)34-22)32(26)23-18(25)11-16(13-29-23)31-9-7-27-8-10-31/h11-15,27H,3-10,26H2,1-2H3. The lowest BCUT2D eigenvalue weighted by atomic mass is 9.94. The van der Waals surface area contributed by atoms with Crippen LogP contribution in [-0.2, 0) is 0 Å². The van der Waals surface area contributed by atoms with Crippen LogP contribution in [0, 0.1) is 5.82 Å². The van der Waals surface area contributed by atoms with Gasteiger partial charge in [-0.05, 0) is 30.4 Å². The van der Waals surface area contributed by atoms with Gasteiger partial charge in [-0.3, -0.25) is 4.79 Å². The van der Waals surface area contributed by atoms with Gasteiger partial charge in [-0.25, -0.2) is 25.2 Å². The third-order valence-corrected chi connectivity index (χ3v) is 7.87. The molecule has 3 aromatic heterocycles. The van der Waals surface area contributed by atoms with Gasteiger partial charge in [-0.2, -0.15) is 0 Å². The first-order valence-corrected chi connectivity index (χ1v) is 12.6. The number of halogens is 1. The van der Waals surface area contributed by atoms with E-state index in [1.54, 1.807) is 31.4 Å². The molecule has 34 heavy (non-hydrogen) atoms. The van der Waals surface area contributed by atoms with Gasteiger partial charge in [0.1, 0.15) is 5.82 Å². The van der Waals surface area contributed by atoms with Crippen molar-refractivity contribution in [2.24, 2.45) is 5.84 Å². The highest BCUT2D eigenvalue weighted by molar-refractivity contribution is 7.21. The van der Waals surface area contributed by atoms with Crippen molar-refractivity contribution in [3.05, 3.63) is 40.8 Å². The van der Waals surface area contributed by atoms with E-state index < -0.39 is 5.82 Å². The number of aromatic nitrogens is 2. The maximum Gasteiger partial charge on any atom is 0.263 e. The fourth-order valence-corrected chi connectivity index (χ4v) is 6.19. The van der Waals surface area contributed by atoms with Gasteiger partial charge in [0, 0.05) is 57.9 Å². The van der Waals surface area contributed by atoms with Gasteiger partial charge in [-0.15, -0.1) is 11.3 Å². The monoisotopic (exact) mass is 483 g/mol. The van der Waals surface area contributed by atoms with Crippen molar-refractivity contribution in [2.75, 3.05) is 50.2 Å². The summed E-state index contributed by atoms with van der Waals surface area (Å²) in [5, 5.41) is 5.46. The summed E-state index contributed by atoms with van der Waals surface area (Å²) in [5.41, 5.74) is 1.82. The first-order chi connectivity index (χ1) is 16.4. The van der Waals surface area contributed by atoms with Crippen molar-refractivity contribution in [2.45, 2.75) is 31.6 Å². The van der Waals surface area contributed by atoms with Gasteiger partial charge >= 0.3 is 0 Å². The summed E-state index contributed by atoms with van der Waals surface area (Å²) in [6.45, 7) is 3.33. The third-order valence-electron chi connectivity index (χ3n) is 6.73. The second kappa shape index (κ2) is 9.44. The van der Waals surface area contributed by atoms with Crippen LogP contribution in [0.3, 0.4) is 0 Å². The van der Waals surface area contributed by atoms with Gasteiger partial charge in [0.2, 0.25) is 0 Å². The maximum atomic E-state index is 15.1. The molecule has 10 heteroatoms. The van der Waals surface area contributed by atoms with Gasteiger partial charge in [0.15, 0.2) is 11.6 Å². The average molecular weight is 484 g/mol. The van der Waals surface area contributed by atoms with Crippen LogP contribution in [0.4, 0.5) is 21.7 Å². The molecule has 3 N–H and O–H groups in total. The molecule has 0 spiro atoms. The lowest BCUT2D eigenvalue weighted by Crippen LogP contribution is -2.43. The Morgan fingerprint density at radius 2 is 1.91 bits per heavy atom. The van der Waals surface area contributed by atoms with Crippen molar-refractivity contribution >= 4 is 44.7 Å². The zero-order chi connectivity index (χ0) is 23.8. The van der Waals surface area contributed by atoms with E-state index in [0.717, 1.165) is 78.1 Å². The lowest BCUT2D eigenvalue weighted by Gasteiger charge is -2.29. The van der Waals surface area contributed by atoms with Crippen LogP contribution in [0.1, 0.15) is 46.8 Å². The normalized spacial score (nSPS) is 16.9. The number of pyridine rings is 2. The van der Waals surface area contributed by atoms with Crippen LogP contribution in [-0.4, -0.2) is 61.0 Å². The van der Waals surface area contributed by atoms with E-state index in [-0.39, 0.29) is 11.7 Å². The predicted molar refractivity (Wildman–Crippen MR) is 134 cm³/mol. The van der Waals surface area contributed by atoms with Crippen molar-refractivity contribution < 1.29 is 9.18 Å². The van der Waals surface area contributed by atoms with Crippen LogP contribution >= 0.6 is 11.3 Å². The number of nitrogens with zero attached hydrogens (tertiary/aromatic N) is 5.